The highest BCUT2D eigenvalue weighted by Crippen LogP contribution is 2.34. The van der Waals surface area contributed by atoms with E-state index in [1.807, 2.05) is 4.90 Å². The number of aliphatic hydroxyl groups excluding tert-OH is 1. The van der Waals surface area contributed by atoms with Crippen molar-refractivity contribution in [3.63, 3.8) is 0 Å². The molecule has 1 fully saturated rings. The second-order valence-electron chi connectivity index (χ2n) is 6.27. The molecule has 0 unspecified atom stereocenters. The van der Waals surface area contributed by atoms with Gasteiger partial charge in [-0.15, -0.1) is 0 Å². The molecule has 0 saturated carbocycles. The molecule has 0 aromatic rings. The molecule has 1 rings (SSSR count). The summed E-state index contributed by atoms with van der Waals surface area (Å²) in [6, 6.07) is 0. The summed E-state index contributed by atoms with van der Waals surface area (Å²) < 4.78 is 0. The highest BCUT2D eigenvalue weighted by molar-refractivity contribution is 5.77. The second-order valence-corrected chi connectivity index (χ2v) is 6.27. The van der Waals surface area contributed by atoms with Crippen LogP contribution >= 0.6 is 0 Å². The van der Waals surface area contributed by atoms with Crippen molar-refractivity contribution in [3.05, 3.63) is 0 Å². The standard InChI is InChI=1S/C12H23NO2/c1-11(2,3)7-10(15)13-8-12(4,9-13)5-6-14/h14H,5-9H2,1-4H3. The molecule has 1 N–H and O–H groups in total. The van der Waals surface area contributed by atoms with Gasteiger partial charge in [-0.1, -0.05) is 27.7 Å². The normalized spacial score (nSPS) is 19.9. The molecule has 1 saturated heterocycles. The zero-order valence-corrected chi connectivity index (χ0v) is 10.3. The van der Waals surface area contributed by atoms with Gasteiger partial charge in [-0.05, 0) is 11.8 Å². The maximum atomic E-state index is 11.8. The van der Waals surface area contributed by atoms with Crippen LogP contribution in [0.25, 0.3) is 0 Å². The number of hydrogen-bond donors (Lipinski definition) is 1. The van der Waals surface area contributed by atoms with Crippen molar-refractivity contribution in [1.29, 1.82) is 0 Å². The van der Waals surface area contributed by atoms with Gasteiger partial charge < -0.3 is 10.0 Å². The maximum Gasteiger partial charge on any atom is 0.223 e. The van der Waals surface area contributed by atoms with E-state index < -0.39 is 0 Å². The third-order valence-corrected chi connectivity index (χ3v) is 2.89. The lowest BCUT2D eigenvalue weighted by Crippen LogP contribution is -2.57. The number of nitrogens with zero attached hydrogens (tertiary/aromatic N) is 1. The SMILES string of the molecule is CC(C)(C)CC(=O)N1CC(C)(CCO)C1. The van der Waals surface area contributed by atoms with Crippen LogP contribution in [0.4, 0.5) is 0 Å². The molecule has 3 heteroatoms. The monoisotopic (exact) mass is 213 g/mol. The Morgan fingerprint density at radius 1 is 1.40 bits per heavy atom. The Morgan fingerprint density at radius 2 is 1.93 bits per heavy atom. The molecule has 1 aliphatic rings. The van der Waals surface area contributed by atoms with Crippen LogP contribution in [0.2, 0.25) is 0 Å². The first-order valence-electron chi connectivity index (χ1n) is 5.64. The van der Waals surface area contributed by atoms with Crippen LogP contribution in [-0.2, 0) is 4.79 Å². The highest BCUT2D eigenvalue weighted by Gasteiger charge is 2.40. The van der Waals surface area contributed by atoms with Crippen LogP contribution in [0.3, 0.4) is 0 Å². The Labute approximate surface area is 92.5 Å². The van der Waals surface area contributed by atoms with Crippen molar-refractivity contribution in [2.45, 2.75) is 40.5 Å². The average molecular weight is 213 g/mol. The Bertz CT molecular complexity index is 236. The lowest BCUT2D eigenvalue weighted by atomic mass is 9.78. The Balaban J connectivity index is 2.35. The van der Waals surface area contributed by atoms with E-state index in [9.17, 15) is 4.79 Å². The summed E-state index contributed by atoms with van der Waals surface area (Å²) in [5.74, 6) is 0.248. The van der Waals surface area contributed by atoms with Crippen molar-refractivity contribution in [2.75, 3.05) is 19.7 Å². The van der Waals surface area contributed by atoms with Crippen LogP contribution < -0.4 is 0 Å². The molecule has 15 heavy (non-hydrogen) atoms. The van der Waals surface area contributed by atoms with Gasteiger partial charge in [-0.3, -0.25) is 4.79 Å². The molecule has 1 heterocycles. The summed E-state index contributed by atoms with van der Waals surface area (Å²) in [6.45, 7) is 10.2. The summed E-state index contributed by atoms with van der Waals surface area (Å²) in [5.41, 5.74) is 0.225. The fraction of sp³-hybridized carbons (Fsp3) is 0.917. The molecular weight excluding hydrogens is 190 g/mol. The summed E-state index contributed by atoms with van der Waals surface area (Å²) in [5, 5.41) is 8.87. The van der Waals surface area contributed by atoms with Crippen molar-refractivity contribution in [3.8, 4) is 0 Å². The van der Waals surface area contributed by atoms with Crippen LogP contribution in [0.1, 0.15) is 40.5 Å². The average Bonchev–Trinajstić information content (AvgIpc) is 1.96. The topological polar surface area (TPSA) is 40.5 Å². The van der Waals surface area contributed by atoms with E-state index in [-0.39, 0.29) is 23.3 Å². The molecule has 0 aliphatic carbocycles. The minimum atomic E-state index is 0.0695. The second kappa shape index (κ2) is 4.12. The number of rotatable bonds is 3. The van der Waals surface area contributed by atoms with Crippen LogP contribution in [-0.4, -0.2) is 35.6 Å². The fourth-order valence-corrected chi connectivity index (χ4v) is 2.05. The van der Waals surface area contributed by atoms with Gasteiger partial charge in [0.1, 0.15) is 0 Å². The molecular formula is C12H23NO2. The third-order valence-electron chi connectivity index (χ3n) is 2.89. The molecule has 0 atom stereocenters. The van der Waals surface area contributed by atoms with E-state index in [4.69, 9.17) is 5.11 Å². The molecule has 88 valence electrons. The Morgan fingerprint density at radius 3 is 2.33 bits per heavy atom. The maximum absolute atomic E-state index is 11.8. The molecule has 0 aromatic carbocycles. The van der Waals surface area contributed by atoms with Gasteiger partial charge in [-0.2, -0.15) is 0 Å². The number of amides is 1. The Kier molecular flexibility index (Phi) is 3.44. The number of hydrogen-bond acceptors (Lipinski definition) is 2. The minimum absolute atomic E-state index is 0.0695. The molecule has 0 bridgehead atoms. The van der Waals surface area contributed by atoms with E-state index in [0.717, 1.165) is 19.5 Å². The first-order chi connectivity index (χ1) is 6.76. The molecule has 1 amide bonds. The Hall–Kier alpha value is -0.570. The fourth-order valence-electron chi connectivity index (χ4n) is 2.05. The third kappa shape index (κ3) is 3.49. The van der Waals surface area contributed by atoms with E-state index >= 15 is 0 Å². The molecule has 0 radical (unpaired) electrons. The van der Waals surface area contributed by atoms with E-state index in [1.165, 1.54) is 0 Å². The van der Waals surface area contributed by atoms with Gasteiger partial charge in [-0.25, -0.2) is 0 Å². The number of carbonyl (C=O) groups is 1. The molecule has 0 spiro atoms. The predicted molar refractivity (Wildman–Crippen MR) is 60.5 cm³/mol. The molecule has 0 aromatic heterocycles. The highest BCUT2D eigenvalue weighted by atomic mass is 16.3. The number of aliphatic hydroxyl groups is 1. The first-order valence-corrected chi connectivity index (χ1v) is 5.64. The van der Waals surface area contributed by atoms with E-state index in [1.54, 1.807) is 0 Å². The largest absolute Gasteiger partial charge is 0.396 e. The van der Waals surface area contributed by atoms with E-state index in [2.05, 4.69) is 27.7 Å². The summed E-state index contributed by atoms with van der Waals surface area (Å²) in [4.78, 5) is 13.7. The molecule has 3 nitrogen and oxygen atoms in total. The lowest BCUT2D eigenvalue weighted by Gasteiger charge is -2.48. The zero-order valence-electron chi connectivity index (χ0n) is 10.3. The van der Waals surface area contributed by atoms with Crippen molar-refractivity contribution >= 4 is 5.91 Å². The van der Waals surface area contributed by atoms with Crippen molar-refractivity contribution in [1.82, 2.24) is 4.90 Å². The quantitative estimate of drug-likeness (QED) is 0.774. The van der Waals surface area contributed by atoms with Gasteiger partial charge in [0.05, 0.1) is 0 Å². The van der Waals surface area contributed by atoms with Gasteiger partial charge >= 0.3 is 0 Å². The summed E-state index contributed by atoms with van der Waals surface area (Å²) in [6.07, 6.45) is 1.41. The van der Waals surface area contributed by atoms with Crippen molar-refractivity contribution in [2.24, 2.45) is 10.8 Å². The molecule has 1 aliphatic heterocycles. The summed E-state index contributed by atoms with van der Waals surface area (Å²) in [7, 11) is 0. The van der Waals surface area contributed by atoms with Crippen LogP contribution in [0, 0.1) is 10.8 Å². The van der Waals surface area contributed by atoms with Crippen molar-refractivity contribution < 1.29 is 9.90 Å². The van der Waals surface area contributed by atoms with E-state index in [0.29, 0.717) is 6.42 Å². The van der Waals surface area contributed by atoms with Gasteiger partial charge in [0.2, 0.25) is 5.91 Å². The zero-order chi connectivity index (χ0) is 11.7. The van der Waals surface area contributed by atoms with Gasteiger partial charge in [0.25, 0.3) is 0 Å². The van der Waals surface area contributed by atoms with Crippen LogP contribution in [0.5, 0.6) is 0 Å². The van der Waals surface area contributed by atoms with Crippen LogP contribution in [0.15, 0.2) is 0 Å². The van der Waals surface area contributed by atoms with Gasteiger partial charge in [0, 0.05) is 31.5 Å². The first kappa shape index (κ1) is 12.5. The number of likely N-dealkylation sites (tertiary alicyclic amines) is 1. The predicted octanol–water partition coefficient (Wildman–Crippen LogP) is 1.65. The minimum Gasteiger partial charge on any atom is -0.396 e. The summed E-state index contributed by atoms with van der Waals surface area (Å²) >= 11 is 0. The number of carbonyl (C=O) groups excluding carboxylic acids is 1. The smallest absolute Gasteiger partial charge is 0.223 e. The van der Waals surface area contributed by atoms with Gasteiger partial charge in [0.15, 0.2) is 0 Å². The lowest BCUT2D eigenvalue weighted by molar-refractivity contribution is -0.145.